The van der Waals surface area contributed by atoms with Crippen LogP contribution in [-0.4, -0.2) is 74.4 Å². The maximum atomic E-state index is 6.03. The number of benzene rings is 2. The molecule has 7 nitrogen and oxygen atoms in total. The highest BCUT2D eigenvalue weighted by molar-refractivity contribution is 5.72. The molecule has 1 heterocycles. The molecule has 0 bridgehead atoms. The molecule has 0 radical (unpaired) electrons. The van der Waals surface area contributed by atoms with Gasteiger partial charge in [-0.3, -0.25) is 0 Å². The van der Waals surface area contributed by atoms with Crippen LogP contribution in [0.5, 0.6) is 11.5 Å². The Balaban J connectivity index is 1.91. The lowest BCUT2D eigenvalue weighted by atomic mass is 10.1. The van der Waals surface area contributed by atoms with Gasteiger partial charge in [0.05, 0.1) is 0 Å². The summed E-state index contributed by atoms with van der Waals surface area (Å²) in [6.45, 7) is 2.68. The van der Waals surface area contributed by atoms with Gasteiger partial charge in [0.2, 0.25) is 5.82 Å². The van der Waals surface area contributed by atoms with E-state index in [0.29, 0.717) is 42.0 Å². The SMILES string of the molecule is CN(C)CCOc1cccc(OCCN(C)C)c1-c1nc(-c2ccccc2)no1. The van der Waals surface area contributed by atoms with Crippen molar-refractivity contribution in [3.63, 3.8) is 0 Å². The van der Waals surface area contributed by atoms with Crippen molar-refractivity contribution in [1.82, 2.24) is 19.9 Å². The van der Waals surface area contributed by atoms with E-state index < -0.39 is 0 Å². The predicted octanol–water partition coefficient (Wildman–Crippen LogP) is 3.28. The summed E-state index contributed by atoms with van der Waals surface area (Å²) in [5.74, 6) is 2.24. The number of nitrogens with zero attached hydrogens (tertiary/aromatic N) is 4. The van der Waals surface area contributed by atoms with Crippen LogP contribution in [0.25, 0.3) is 22.8 Å². The van der Waals surface area contributed by atoms with E-state index in [1.54, 1.807) is 0 Å². The maximum Gasteiger partial charge on any atom is 0.265 e. The molecular formula is C22H28N4O3. The molecule has 0 spiro atoms. The van der Waals surface area contributed by atoms with Crippen molar-refractivity contribution < 1.29 is 14.0 Å². The second-order valence-corrected chi connectivity index (χ2v) is 7.22. The minimum Gasteiger partial charge on any atom is -0.491 e. The molecular weight excluding hydrogens is 368 g/mol. The Bertz CT molecular complexity index is 862. The maximum absolute atomic E-state index is 6.03. The molecule has 3 rings (SSSR count). The first-order chi connectivity index (χ1) is 14.0. The summed E-state index contributed by atoms with van der Waals surface area (Å²) in [7, 11) is 8.04. The molecule has 0 aliphatic heterocycles. The average Bonchev–Trinajstić information content (AvgIpc) is 3.18. The molecule has 0 saturated heterocycles. The van der Waals surface area contributed by atoms with Crippen molar-refractivity contribution in [2.45, 2.75) is 0 Å². The third-order valence-corrected chi connectivity index (χ3v) is 4.25. The summed E-state index contributed by atoms with van der Waals surface area (Å²) in [6.07, 6.45) is 0. The fraction of sp³-hybridized carbons (Fsp3) is 0.364. The normalized spacial score (nSPS) is 11.2. The van der Waals surface area contributed by atoms with Crippen LogP contribution in [0.3, 0.4) is 0 Å². The van der Waals surface area contributed by atoms with Gasteiger partial charge < -0.3 is 23.8 Å². The molecule has 0 unspecified atom stereocenters. The first kappa shape index (κ1) is 20.8. The molecule has 3 aromatic rings. The lowest BCUT2D eigenvalue weighted by Crippen LogP contribution is -2.20. The van der Waals surface area contributed by atoms with Crippen molar-refractivity contribution in [3.05, 3.63) is 48.5 Å². The summed E-state index contributed by atoms with van der Waals surface area (Å²) >= 11 is 0. The van der Waals surface area contributed by atoms with Gasteiger partial charge in [0, 0.05) is 18.7 Å². The van der Waals surface area contributed by atoms with Gasteiger partial charge in [-0.1, -0.05) is 41.6 Å². The summed E-state index contributed by atoms with van der Waals surface area (Å²) in [4.78, 5) is 8.73. The summed E-state index contributed by atoms with van der Waals surface area (Å²) < 4.78 is 17.7. The smallest absolute Gasteiger partial charge is 0.265 e. The van der Waals surface area contributed by atoms with Gasteiger partial charge in [0.15, 0.2) is 0 Å². The van der Waals surface area contributed by atoms with Crippen molar-refractivity contribution >= 4 is 0 Å². The second kappa shape index (κ2) is 10.0. The van der Waals surface area contributed by atoms with Gasteiger partial charge in [0.1, 0.15) is 30.3 Å². The minimum atomic E-state index is 0.379. The molecule has 2 aromatic carbocycles. The van der Waals surface area contributed by atoms with Gasteiger partial charge in [0.25, 0.3) is 5.89 Å². The topological polar surface area (TPSA) is 63.9 Å². The van der Waals surface area contributed by atoms with Crippen molar-refractivity contribution in [1.29, 1.82) is 0 Å². The van der Waals surface area contributed by atoms with E-state index in [1.807, 2.05) is 76.7 Å². The Morgan fingerprint density at radius 1 is 0.793 bits per heavy atom. The Morgan fingerprint density at radius 3 is 1.93 bits per heavy atom. The summed E-state index contributed by atoms with van der Waals surface area (Å²) in [6, 6.07) is 15.4. The summed E-state index contributed by atoms with van der Waals surface area (Å²) in [5, 5.41) is 4.15. The van der Waals surface area contributed by atoms with Crippen LogP contribution in [0.4, 0.5) is 0 Å². The lowest BCUT2D eigenvalue weighted by molar-refractivity contribution is 0.251. The van der Waals surface area contributed by atoms with Crippen molar-refractivity contribution in [2.24, 2.45) is 0 Å². The highest BCUT2D eigenvalue weighted by Gasteiger charge is 2.20. The Labute approximate surface area is 171 Å². The van der Waals surface area contributed by atoms with Crippen LogP contribution in [0.15, 0.2) is 53.1 Å². The average molecular weight is 396 g/mol. The zero-order chi connectivity index (χ0) is 20.6. The highest BCUT2D eigenvalue weighted by Crippen LogP contribution is 2.38. The summed E-state index contributed by atoms with van der Waals surface area (Å²) in [5.41, 5.74) is 1.57. The fourth-order valence-electron chi connectivity index (χ4n) is 2.67. The third kappa shape index (κ3) is 5.79. The van der Waals surface area contributed by atoms with Crippen LogP contribution in [-0.2, 0) is 0 Å². The largest absolute Gasteiger partial charge is 0.491 e. The second-order valence-electron chi connectivity index (χ2n) is 7.22. The molecule has 0 fully saturated rings. The van der Waals surface area contributed by atoms with Crippen LogP contribution >= 0.6 is 0 Å². The molecule has 7 heteroatoms. The van der Waals surface area contributed by atoms with Crippen molar-refractivity contribution in [2.75, 3.05) is 54.5 Å². The zero-order valence-electron chi connectivity index (χ0n) is 17.5. The predicted molar refractivity (Wildman–Crippen MR) is 113 cm³/mol. The highest BCUT2D eigenvalue weighted by atomic mass is 16.5. The molecule has 0 aliphatic rings. The zero-order valence-corrected chi connectivity index (χ0v) is 17.5. The first-order valence-electron chi connectivity index (χ1n) is 9.62. The number of aromatic nitrogens is 2. The van der Waals surface area contributed by atoms with Crippen LogP contribution in [0.2, 0.25) is 0 Å². The van der Waals surface area contributed by atoms with E-state index in [9.17, 15) is 0 Å². The van der Waals surface area contributed by atoms with E-state index in [-0.39, 0.29) is 0 Å². The molecule has 29 heavy (non-hydrogen) atoms. The molecule has 154 valence electrons. The number of rotatable bonds is 10. The molecule has 0 atom stereocenters. The third-order valence-electron chi connectivity index (χ3n) is 4.25. The number of likely N-dealkylation sites (N-methyl/N-ethyl adjacent to an activating group) is 2. The Kier molecular flexibility index (Phi) is 7.21. The van der Waals surface area contributed by atoms with Crippen LogP contribution in [0, 0.1) is 0 Å². The van der Waals surface area contributed by atoms with E-state index in [0.717, 1.165) is 18.7 Å². The van der Waals surface area contributed by atoms with Gasteiger partial charge in [-0.15, -0.1) is 0 Å². The molecule has 0 amide bonds. The molecule has 1 aromatic heterocycles. The van der Waals surface area contributed by atoms with E-state index in [2.05, 4.69) is 19.9 Å². The molecule has 0 aliphatic carbocycles. The van der Waals surface area contributed by atoms with Gasteiger partial charge in [-0.05, 0) is 40.3 Å². The van der Waals surface area contributed by atoms with Gasteiger partial charge in [-0.2, -0.15) is 4.98 Å². The minimum absolute atomic E-state index is 0.379. The lowest BCUT2D eigenvalue weighted by Gasteiger charge is -2.16. The number of ether oxygens (including phenoxy) is 2. The Morgan fingerprint density at radius 2 is 1.38 bits per heavy atom. The quantitative estimate of drug-likeness (QED) is 0.521. The Hall–Kier alpha value is -2.90. The molecule has 0 saturated carbocycles. The van der Waals surface area contributed by atoms with E-state index >= 15 is 0 Å². The molecule has 0 N–H and O–H groups in total. The fourth-order valence-corrected chi connectivity index (χ4v) is 2.67. The van der Waals surface area contributed by atoms with E-state index in [1.165, 1.54) is 0 Å². The number of hydrogen-bond donors (Lipinski definition) is 0. The van der Waals surface area contributed by atoms with Gasteiger partial charge >= 0.3 is 0 Å². The first-order valence-corrected chi connectivity index (χ1v) is 9.62. The van der Waals surface area contributed by atoms with Crippen molar-refractivity contribution in [3.8, 4) is 34.3 Å². The van der Waals surface area contributed by atoms with Crippen LogP contribution in [0.1, 0.15) is 0 Å². The number of hydrogen-bond acceptors (Lipinski definition) is 7. The van der Waals surface area contributed by atoms with Crippen LogP contribution < -0.4 is 9.47 Å². The van der Waals surface area contributed by atoms with E-state index in [4.69, 9.17) is 14.0 Å². The standard InChI is InChI=1S/C22H28N4O3/c1-25(2)13-15-27-18-11-8-12-19(28-16-14-26(3)4)20(18)22-23-21(24-29-22)17-9-6-5-7-10-17/h5-12H,13-16H2,1-4H3. The van der Waals surface area contributed by atoms with Gasteiger partial charge in [-0.25, -0.2) is 0 Å². The monoisotopic (exact) mass is 396 g/mol.